The highest BCUT2D eigenvalue weighted by Crippen LogP contribution is 2.39. The van der Waals surface area contributed by atoms with Gasteiger partial charge in [-0.1, -0.05) is 42.7 Å². The van der Waals surface area contributed by atoms with Gasteiger partial charge in [0.2, 0.25) is 0 Å². The Morgan fingerprint density at radius 1 is 1.33 bits per heavy atom. The molecule has 0 spiro atoms. The van der Waals surface area contributed by atoms with E-state index >= 15 is 0 Å². The summed E-state index contributed by atoms with van der Waals surface area (Å²) in [6.45, 7) is 5.94. The zero-order valence-corrected chi connectivity index (χ0v) is 14.6. The number of furan rings is 1. The van der Waals surface area contributed by atoms with Gasteiger partial charge in [-0.15, -0.1) is 0 Å². The maximum Gasteiger partial charge on any atom is 0.291 e. The highest BCUT2D eigenvalue weighted by Gasteiger charge is 2.36. The van der Waals surface area contributed by atoms with Gasteiger partial charge in [-0.2, -0.15) is 0 Å². The Morgan fingerprint density at radius 2 is 2.04 bits per heavy atom. The van der Waals surface area contributed by atoms with E-state index in [9.17, 15) is 10.0 Å². The van der Waals surface area contributed by atoms with Crippen LogP contribution < -0.4 is 5.32 Å². The molecule has 3 rings (SSSR count). The van der Waals surface area contributed by atoms with Gasteiger partial charge in [0.1, 0.15) is 5.76 Å². The minimum absolute atomic E-state index is 0.0880. The zero-order chi connectivity index (χ0) is 17.5. The number of para-hydroxylation sites is 1. The third kappa shape index (κ3) is 2.91. The first-order valence-electron chi connectivity index (χ1n) is 7.72. The largest absolute Gasteiger partial charge is 0.455 e. The predicted octanol–water partition coefficient (Wildman–Crippen LogP) is 4.64. The number of benzene rings is 1. The van der Waals surface area contributed by atoms with Gasteiger partial charge < -0.3 is 14.9 Å². The molecule has 1 amide bonds. The molecule has 1 aromatic carbocycles. The number of halogens is 1. The SMILES string of the molecule is Cc1c(C(=O)Nc2ccccc2Cl)oc2c1/C(=N\O)CC(C)(C)C2. The number of rotatable bonds is 2. The molecule has 0 saturated heterocycles. The number of oxime groups is 1. The smallest absolute Gasteiger partial charge is 0.291 e. The van der Waals surface area contributed by atoms with Crippen molar-refractivity contribution in [3.05, 3.63) is 51.9 Å². The first-order valence-corrected chi connectivity index (χ1v) is 8.09. The van der Waals surface area contributed by atoms with Gasteiger partial charge in [-0.25, -0.2) is 0 Å². The second-order valence-corrected chi connectivity index (χ2v) is 7.26. The summed E-state index contributed by atoms with van der Waals surface area (Å²) in [6.07, 6.45) is 1.31. The number of anilines is 1. The molecule has 2 aromatic rings. The van der Waals surface area contributed by atoms with E-state index in [2.05, 4.69) is 24.3 Å². The zero-order valence-electron chi connectivity index (χ0n) is 13.8. The van der Waals surface area contributed by atoms with Crippen LogP contribution in [0.25, 0.3) is 0 Å². The third-order valence-corrected chi connectivity index (χ3v) is 4.57. The normalized spacial score (nSPS) is 17.6. The van der Waals surface area contributed by atoms with E-state index in [-0.39, 0.29) is 17.1 Å². The quantitative estimate of drug-likeness (QED) is 0.614. The summed E-state index contributed by atoms with van der Waals surface area (Å²) in [5.41, 5.74) is 2.41. The Morgan fingerprint density at radius 3 is 2.71 bits per heavy atom. The van der Waals surface area contributed by atoms with Gasteiger partial charge in [0.25, 0.3) is 5.91 Å². The van der Waals surface area contributed by atoms with Crippen molar-refractivity contribution < 1.29 is 14.4 Å². The molecular weight excluding hydrogens is 328 g/mol. The van der Waals surface area contributed by atoms with Gasteiger partial charge in [-0.3, -0.25) is 4.79 Å². The van der Waals surface area contributed by atoms with Crippen molar-refractivity contribution in [3.8, 4) is 0 Å². The molecule has 24 heavy (non-hydrogen) atoms. The van der Waals surface area contributed by atoms with E-state index in [1.165, 1.54) is 0 Å². The number of carbonyl (C=O) groups excluding carboxylic acids is 1. The number of nitrogens with one attached hydrogen (secondary N) is 1. The molecule has 0 unspecified atom stereocenters. The highest BCUT2D eigenvalue weighted by atomic mass is 35.5. The van der Waals surface area contributed by atoms with E-state index in [4.69, 9.17) is 16.0 Å². The molecule has 0 saturated carbocycles. The van der Waals surface area contributed by atoms with Crippen LogP contribution in [0.5, 0.6) is 0 Å². The molecule has 1 aliphatic rings. The lowest BCUT2D eigenvalue weighted by Crippen LogP contribution is -2.27. The molecular formula is C18H19ClN2O3. The van der Waals surface area contributed by atoms with Crippen molar-refractivity contribution in [2.45, 2.75) is 33.6 Å². The van der Waals surface area contributed by atoms with Gasteiger partial charge >= 0.3 is 0 Å². The maximum atomic E-state index is 12.6. The van der Waals surface area contributed by atoms with Crippen LogP contribution in [0.3, 0.4) is 0 Å². The molecule has 1 aromatic heterocycles. The lowest BCUT2D eigenvalue weighted by Gasteiger charge is -2.28. The minimum Gasteiger partial charge on any atom is -0.455 e. The number of hydrogen-bond donors (Lipinski definition) is 2. The summed E-state index contributed by atoms with van der Waals surface area (Å²) in [7, 11) is 0. The second-order valence-electron chi connectivity index (χ2n) is 6.85. The lowest BCUT2D eigenvalue weighted by atomic mass is 9.75. The molecule has 1 aliphatic carbocycles. The van der Waals surface area contributed by atoms with Gasteiger partial charge in [0.05, 0.1) is 16.4 Å². The first kappa shape index (κ1) is 16.6. The molecule has 0 radical (unpaired) electrons. The van der Waals surface area contributed by atoms with Crippen molar-refractivity contribution in [1.82, 2.24) is 0 Å². The molecule has 0 aliphatic heterocycles. The standard InChI is InChI=1S/C18H19ClN2O3/c1-10-15-13(21-23)8-18(2,3)9-14(15)24-16(10)17(22)20-12-7-5-4-6-11(12)19/h4-7,23H,8-9H2,1-3H3,(H,20,22)/b21-13-. The Hall–Kier alpha value is -2.27. The van der Waals surface area contributed by atoms with E-state index in [0.717, 1.165) is 5.56 Å². The fourth-order valence-electron chi connectivity index (χ4n) is 3.16. The lowest BCUT2D eigenvalue weighted by molar-refractivity contribution is 0.0993. The van der Waals surface area contributed by atoms with Crippen molar-refractivity contribution in [3.63, 3.8) is 0 Å². The number of fused-ring (bicyclic) bond motifs is 1. The maximum absolute atomic E-state index is 12.6. The monoisotopic (exact) mass is 346 g/mol. The molecule has 0 atom stereocenters. The number of carbonyl (C=O) groups is 1. The molecule has 2 N–H and O–H groups in total. The van der Waals surface area contributed by atoms with Crippen molar-refractivity contribution in [1.29, 1.82) is 0 Å². The predicted molar refractivity (Wildman–Crippen MR) is 93.3 cm³/mol. The fourth-order valence-corrected chi connectivity index (χ4v) is 3.34. The molecule has 0 fully saturated rings. The summed E-state index contributed by atoms with van der Waals surface area (Å²) in [4.78, 5) is 12.6. The van der Waals surface area contributed by atoms with Crippen LogP contribution in [0.4, 0.5) is 5.69 Å². The van der Waals surface area contributed by atoms with Crippen molar-refractivity contribution >= 4 is 28.9 Å². The Kier molecular flexibility index (Phi) is 4.13. The Labute approximate surface area is 145 Å². The molecule has 0 bridgehead atoms. The van der Waals surface area contributed by atoms with E-state index in [1.54, 1.807) is 31.2 Å². The van der Waals surface area contributed by atoms with Gasteiger partial charge in [0.15, 0.2) is 5.76 Å². The van der Waals surface area contributed by atoms with Crippen LogP contribution in [0.15, 0.2) is 33.8 Å². The van der Waals surface area contributed by atoms with Crippen LogP contribution in [-0.2, 0) is 6.42 Å². The average molecular weight is 347 g/mol. The van der Waals surface area contributed by atoms with E-state index in [1.807, 2.05) is 0 Å². The van der Waals surface area contributed by atoms with Crippen molar-refractivity contribution in [2.75, 3.05) is 5.32 Å². The Bertz CT molecular complexity index is 837. The van der Waals surface area contributed by atoms with Crippen LogP contribution in [-0.4, -0.2) is 16.8 Å². The first-order chi connectivity index (χ1) is 11.3. The topological polar surface area (TPSA) is 74.8 Å². The highest BCUT2D eigenvalue weighted by molar-refractivity contribution is 6.33. The van der Waals surface area contributed by atoms with Crippen molar-refractivity contribution in [2.24, 2.45) is 10.6 Å². The van der Waals surface area contributed by atoms with Gasteiger partial charge in [-0.05, 0) is 30.9 Å². The summed E-state index contributed by atoms with van der Waals surface area (Å²) >= 11 is 6.08. The minimum atomic E-state index is -0.370. The number of hydrogen-bond acceptors (Lipinski definition) is 4. The molecule has 5 nitrogen and oxygen atoms in total. The average Bonchev–Trinajstić information content (AvgIpc) is 2.84. The van der Waals surface area contributed by atoms with Crippen LogP contribution in [0.2, 0.25) is 5.02 Å². The summed E-state index contributed by atoms with van der Waals surface area (Å²) in [6, 6.07) is 7.01. The third-order valence-electron chi connectivity index (χ3n) is 4.24. The summed E-state index contributed by atoms with van der Waals surface area (Å²) in [5.74, 6) is 0.532. The number of nitrogens with zero attached hydrogens (tertiary/aromatic N) is 1. The molecule has 126 valence electrons. The Balaban J connectivity index is 1.98. The summed E-state index contributed by atoms with van der Waals surface area (Å²) in [5, 5.41) is 16.0. The number of amides is 1. The van der Waals surface area contributed by atoms with Crippen LogP contribution in [0, 0.1) is 12.3 Å². The molecule has 1 heterocycles. The summed E-state index contributed by atoms with van der Waals surface area (Å²) < 4.78 is 5.83. The molecule has 6 heteroatoms. The van der Waals surface area contributed by atoms with Crippen LogP contribution in [0.1, 0.15) is 47.7 Å². The van der Waals surface area contributed by atoms with E-state index in [0.29, 0.717) is 40.6 Å². The second kappa shape index (κ2) is 5.98. The van der Waals surface area contributed by atoms with E-state index < -0.39 is 0 Å². The fraction of sp³-hybridized carbons (Fsp3) is 0.333. The van der Waals surface area contributed by atoms with Crippen LogP contribution >= 0.6 is 11.6 Å². The van der Waals surface area contributed by atoms with Gasteiger partial charge in [0, 0.05) is 17.5 Å².